The van der Waals surface area contributed by atoms with E-state index in [9.17, 15) is 0 Å². The smallest absolute Gasteiger partial charge is 0.136 e. The van der Waals surface area contributed by atoms with Gasteiger partial charge in [0.15, 0.2) is 0 Å². The van der Waals surface area contributed by atoms with Crippen LogP contribution in [-0.4, -0.2) is 33.2 Å². The Bertz CT molecular complexity index is 2600. The SMILES string of the molecule is C=CC(OO)C1CCC(C2CCC(C)CC2)CC1.C=CC(OO)C1CCC(C2CCC(CCC)CC2)CC1.C=CC(OO)c1ccc(-c2ccc(C3CCC(CCC)CC3)cc2)cc1.C=CC(OO)c1ccc(-c2ccc(C3CCC(CCCCC)CC3)cc2)cc1. The predicted molar refractivity (Wildman–Crippen MR) is 383 cm³/mol. The van der Waals surface area contributed by atoms with E-state index in [0.29, 0.717) is 11.8 Å². The summed E-state index contributed by atoms with van der Waals surface area (Å²) >= 11 is 0. The molecule has 8 heteroatoms. The quantitative estimate of drug-likeness (QED) is 0.0213. The lowest BCUT2D eigenvalue weighted by Crippen LogP contribution is -2.30. The molecule has 0 heterocycles. The van der Waals surface area contributed by atoms with Crippen LogP contribution in [-0.2, 0) is 19.6 Å². The first-order valence-electron chi connectivity index (χ1n) is 37.1. The van der Waals surface area contributed by atoms with Gasteiger partial charge < -0.3 is 0 Å². The molecule has 0 aromatic heterocycles. The second kappa shape index (κ2) is 41.5. The van der Waals surface area contributed by atoms with Gasteiger partial charge in [0, 0.05) is 0 Å². The lowest BCUT2D eigenvalue weighted by molar-refractivity contribution is -0.278. The lowest BCUT2D eigenvalue weighted by Gasteiger charge is -2.38. The van der Waals surface area contributed by atoms with Crippen LogP contribution in [0, 0.1) is 59.2 Å². The molecule has 4 aromatic rings. The zero-order chi connectivity index (χ0) is 65.5. The van der Waals surface area contributed by atoms with Crippen molar-refractivity contribution in [1.82, 2.24) is 0 Å². The molecular weight excluding hydrogens is 1140 g/mol. The van der Waals surface area contributed by atoms with Crippen LogP contribution < -0.4 is 0 Å². The van der Waals surface area contributed by atoms with Gasteiger partial charge in [-0.2, -0.15) is 0 Å². The number of hydrogen-bond acceptors (Lipinski definition) is 8. The summed E-state index contributed by atoms with van der Waals surface area (Å²) in [5.74, 6) is 10.1. The van der Waals surface area contributed by atoms with Gasteiger partial charge in [-0.1, -0.05) is 226 Å². The summed E-state index contributed by atoms with van der Waals surface area (Å²) in [5.41, 5.74) is 9.57. The first-order chi connectivity index (χ1) is 45.0. The fourth-order valence-electron chi connectivity index (χ4n) is 17.4. The van der Waals surface area contributed by atoms with Crippen molar-refractivity contribution < 1.29 is 40.6 Å². The summed E-state index contributed by atoms with van der Waals surface area (Å²) in [6, 6.07) is 34.4. The molecule has 6 aliphatic carbocycles. The van der Waals surface area contributed by atoms with Crippen molar-refractivity contribution in [2.24, 2.45) is 59.2 Å². The Morgan fingerprint density at radius 3 is 0.946 bits per heavy atom. The first kappa shape index (κ1) is 74.9. The van der Waals surface area contributed by atoms with Crippen molar-refractivity contribution in [2.75, 3.05) is 0 Å². The average Bonchev–Trinajstić information content (AvgIpc) is 1.11. The minimum Gasteiger partial charge on any atom is -0.251 e. The van der Waals surface area contributed by atoms with E-state index in [1.54, 1.807) is 24.3 Å². The Labute approximate surface area is 558 Å². The standard InChI is InChI=1S/C26H34O2.C24H30O2.C18H32O2.C16H28O2/c1-3-5-6-7-20-8-10-21(11-9-20)22-12-14-23(15-13-22)24-16-18-25(19-17-24)26(4-2)28-27;1-3-5-18-6-8-19(9-7-18)20-10-12-21(13-11-20)22-14-16-23(17-15-22)24(4-2)26-25;1-3-5-14-6-8-15(9-7-14)16-10-12-17(13-11-16)18(4-2)20-19;1-3-16(18-17)15-10-8-14(9-11-15)13-6-4-12(2)5-7-13/h4,12-21,26-27H,2-3,5-11H2,1H3;4,10-19,24-25H,2-3,5-9H2,1H3;4,14-19H,2-3,5-13H2,1H3;3,12-17H,1,4-11H2,2H3. The van der Waals surface area contributed by atoms with Gasteiger partial charge in [-0.3, -0.25) is 21.0 Å². The molecule has 0 radical (unpaired) electrons. The first-order valence-corrected chi connectivity index (χ1v) is 37.1. The number of unbranched alkanes of at least 4 members (excludes halogenated alkanes) is 2. The van der Waals surface area contributed by atoms with Crippen molar-refractivity contribution in [1.29, 1.82) is 0 Å². The highest BCUT2D eigenvalue weighted by Gasteiger charge is 2.35. The van der Waals surface area contributed by atoms with E-state index < -0.39 is 12.2 Å². The van der Waals surface area contributed by atoms with Crippen LogP contribution in [0.3, 0.4) is 0 Å². The third-order valence-electron chi connectivity index (χ3n) is 23.4. The molecule has 8 nitrogen and oxygen atoms in total. The minimum atomic E-state index is -0.478. The molecular formula is C84H124O8. The predicted octanol–water partition coefficient (Wildman–Crippen LogP) is 25.2. The van der Waals surface area contributed by atoms with E-state index in [2.05, 4.69) is 146 Å². The second-order valence-electron chi connectivity index (χ2n) is 29.3. The highest BCUT2D eigenvalue weighted by atomic mass is 17.1. The van der Waals surface area contributed by atoms with Gasteiger partial charge in [-0.05, 0) is 244 Å². The van der Waals surface area contributed by atoms with Crippen molar-refractivity contribution in [3.05, 3.63) is 170 Å². The summed E-state index contributed by atoms with van der Waals surface area (Å²) in [6.07, 6.45) is 49.0. The normalized spacial score (nSPS) is 27.9. The molecule has 6 fully saturated rings. The zero-order valence-corrected chi connectivity index (χ0v) is 57.7. The van der Waals surface area contributed by atoms with Gasteiger partial charge in [-0.15, -0.1) is 26.3 Å². The van der Waals surface area contributed by atoms with E-state index in [0.717, 1.165) is 70.3 Å². The van der Waals surface area contributed by atoms with Gasteiger partial charge in [0.2, 0.25) is 0 Å². The van der Waals surface area contributed by atoms with E-state index in [1.807, 2.05) is 24.3 Å². The zero-order valence-electron chi connectivity index (χ0n) is 57.7. The van der Waals surface area contributed by atoms with Gasteiger partial charge in [0.1, 0.15) is 24.4 Å². The van der Waals surface area contributed by atoms with Crippen molar-refractivity contribution >= 4 is 0 Å². The highest BCUT2D eigenvalue weighted by molar-refractivity contribution is 5.65. The molecule has 4 atom stereocenters. The molecule has 10 rings (SSSR count). The average molecular weight is 1260 g/mol. The molecule has 4 unspecified atom stereocenters. The van der Waals surface area contributed by atoms with Crippen molar-refractivity contribution in [2.45, 2.75) is 269 Å². The van der Waals surface area contributed by atoms with Crippen LogP contribution in [0.25, 0.3) is 22.3 Å². The molecule has 0 amide bonds. The summed E-state index contributed by atoms with van der Waals surface area (Å²) in [6.45, 7) is 24.1. The molecule has 6 aliphatic rings. The maximum atomic E-state index is 8.92. The Hall–Kier alpha value is -4.48. The van der Waals surface area contributed by atoms with Crippen LogP contribution in [0.5, 0.6) is 0 Å². The van der Waals surface area contributed by atoms with Crippen LogP contribution in [0.15, 0.2) is 148 Å². The van der Waals surface area contributed by atoms with Gasteiger partial charge >= 0.3 is 0 Å². The number of benzene rings is 4. The Balaban J connectivity index is 0.000000177. The molecule has 0 saturated heterocycles. The summed E-state index contributed by atoms with van der Waals surface area (Å²) in [5, 5.41) is 35.6. The number of hydrogen-bond donors (Lipinski definition) is 4. The van der Waals surface area contributed by atoms with Gasteiger partial charge in [0.25, 0.3) is 0 Å². The molecule has 4 N–H and O–H groups in total. The molecule has 92 heavy (non-hydrogen) atoms. The fourth-order valence-corrected chi connectivity index (χ4v) is 17.4. The number of rotatable bonds is 26. The fraction of sp³-hybridized carbons (Fsp3) is 0.619. The Morgan fingerprint density at radius 2 is 0.652 bits per heavy atom. The monoisotopic (exact) mass is 1260 g/mol. The molecule has 0 bridgehead atoms. The largest absolute Gasteiger partial charge is 0.251 e. The Morgan fingerprint density at radius 1 is 0.348 bits per heavy atom. The summed E-state index contributed by atoms with van der Waals surface area (Å²) < 4.78 is 0. The maximum Gasteiger partial charge on any atom is 0.136 e. The van der Waals surface area contributed by atoms with Crippen molar-refractivity contribution in [3.8, 4) is 22.3 Å². The van der Waals surface area contributed by atoms with E-state index in [1.165, 1.54) is 239 Å². The summed E-state index contributed by atoms with van der Waals surface area (Å²) in [7, 11) is 0. The van der Waals surface area contributed by atoms with E-state index in [4.69, 9.17) is 21.0 Å². The molecule has 6 saturated carbocycles. The molecule has 0 aliphatic heterocycles. The lowest BCUT2D eigenvalue weighted by atomic mass is 9.68. The van der Waals surface area contributed by atoms with Crippen LogP contribution in [0.4, 0.5) is 0 Å². The van der Waals surface area contributed by atoms with Crippen LogP contribution in [0.2, 0.25) is 0 Å². The third-order valence-corrected chi connectivity index (χ3v) is 23.4. The highest BCUT2D eigenvalue weighted by Crippen LogP contribution is 2.46. The Kier molecular flexibility index (Phi) is 33.8. The van der Waals surface area contributed by atoms with Gasteiger partial charge in [0.05, 0.1) is 0 Å². The third kappa shape index (κ3) is 23.1. The maximum absolute atomic E-state index is 8.92. The van der Waals surface area contributed by atoms with Crippen molar-refractivity contribution in [3.63, 3.8) is 0 Å². The topological polar surface area (TPSA) is 118 Å². The van der Waals surface area contributed by atoms with Crippen LogP contribution in [0.1, 0.15) is 279 Å². The molecule has 4 aromatic carbocycles. The van der Waals surface area contributed by atoms with E-state index >= 15 is 0 Å². The van der Waals surface area contributed by atoms with Crippen LogP contribution >= 0.6 is 0 Å². The molecule has 0 spiro atoms. The minimum absolute atomic E-state index is 0.155. The van der Waals surface area contributed by atoms with Gasteiger partial charge in [-0.25, -0.2) is 19.6 Å². The molecule has 508 valence electrons. The van der Waals surface area contributed by atoms with E-state index in [-0.39, 0.29) is 12.2 Å². The second-order valence-corrected chi connectivity index (χ2v) is 29.3. The summed E-state index contributed by atoms with van der Waals surface area (Å²) in [4.78, 5) is 17.9.